The second-order valence-corrected chi connectivity index (χ2v) is 10.2. The average Bonchev–Trinajstić information content (AvgIpc) is 3.02. The zero-order chi connectivity index (χ0) is 33.8. The van der Waals surface area contributed by atoms with Gasteiger partial charge in [-0.1, -0.05) is 12.2 Å². The minimum atomic E-state index is -0.650. The molecule has 6 aromatic rings. The molecule has 238 valence electrons. The highest BCUT2D eigenvalue weighted by Crippen LogP contribution is 2.46. The number of rotatable bonds is 7. The van der Waals surface area contributed by atoms with Gasteiger partial charge in [-0.3, -0.25) is 9.59 Å². The van der Waals surface area contributed by atoms with Gasteiger partial charge in [-0.2, -0.15) is 0 Å². The van der Waals surface area contributed by atoms with Crippen molar-refractivity contribution in [2.45, 2.75) is 0 Å². The molecule has 6 rings (SSSR count). The predicted molar refractivity (Wildman–Crippen MR) is 176 cm³/mol. The molecule has 2 aromatic heterocycles. The Hall–Kier alpha value is -6.46. The first-order valence-corrected chi connectivity index (χ1v) is 14.0. The molecule has 0 amide bonds. The number of phenols is 6. The molecule has 0 saturated carbocycles. The Morgan fingerprint density at radius 3 is 1.81 bits per heavy atom. The second kappa shape index (κ2) is 13.3. The van der Waals surface area contributed by atoms with Gasteiger partial charge < -0.3 is 44.2 Å². The van der Waals surface area contributed by atoms with Gasteiger partial charge >= 0.3 is 0 Å². The molecule has 0 radical (unpaired) electrons. The predicted octanol–water partition coefficient (Wildman–Crippen LogP) is 6.51. The summed E-state index contributed by atoms with van der Waals surface area (Å²) < 4.78 is 16.4. The van der Waals surface area contributed by atoms with Gasteiger partial charge in [-0.15, -0.1) is 13.2 Å². The van der Waals surface area contributed by atoms with Crippen molar-refractivity contribution in [2.75, 3.05) is 13.2 Å². The third-order valence-electron chi connectivity index (χ3n) is 6.94. The average molecular weight is 637 g/mol. The Morgan fingerprint density at radius 2 is 1.17 bits per heavy atom. The van der Waals surface area contributed by atoms with Crippen LogP contribution in [-0.2, 0) is 4.74 Å². The largest absolute Gasteiger partial charge is 0.508 e. The molecule has 0 fully saturated rings. The third-order valence-corrected chi connectivity index (χ3v) is 6.94. The van der Waals surface area contributed by atoms with Crippen molar-refractivity contribution < 1.29 is 44.2 Å². The number of phenolic OH excluding ortho intramolecular Hbond substituents is 6. The van der Waals surface area contributed by atoms with Crippen LogP contribution in [0.1, 0.15) is 0 Å². The third kappa shape index (κ3) is 6.51. The van der Waals surface area contributed by atoms with Crippen molar-refractivity contribution in [3.8, 4) is 68.3 Å². The molecule has 4 aromatic carbocycles. The van der Waals surface area contributed by atoms with Crippen LogP contribution in [0.2, 0.25) is 0 Å². The molecule has 11 heteroatoms. The number of benzene rings is 4. The minimum Gasteiger partial charge on any atom is -0.508 e. The normalized spacial score (nSPS) is 10.8. The molecule has 2 heterocycles. The molecular formula is C36H28O11. The minimum absolute atomic E-state index is 0.00146. The summed E-state index contributed by atoms with van der Waals surface area (Å²) in [5.74, 6) is -2.15. The van der Waals surface area contributed by atoms with Gasteiger partial charge in [0.1, 0.15) is 68.0 Å². The van der Waals surface area contributed by atoms with E-state index in [1.165, 1.54) is 42.5 Å². The van der Waals surface area contributed by atoms with Crippen molar-refractivity contribution in [1.82, 2.24) is 0 Å². The van der Waals surface area contributed by atoms with Crippen LogP contribution in [0.25, 0.3) is 55.7 Å². The highest BCUT2D eigenvalue weighted by atomic mass is 16.5. The van der Waals surface area contributed by atoms with Crippen LogP contribution in [0.5, 0.6) is 34.5 Å². The maximum absolute atomic E-state index is 13.0. The number of aromatic hydroxyl groups is 6. The van der Waals surface area contributed by atoms with E-state index < -0.39 is 28.1 Å². The number of fused-ring (bicyclic) bond motifs is 2. The number of hydrogen-bond donors (Lipinski definition) is 6. The van der Waals surface area contributed by atoms with Gasteiger partial charge in [0.25, 0.3) is 0 Å². The Labute approximate surface area is 266 Å². The van der Waals surface area contributed by atoms with E-state index in [9.17, 15) is 40.2 Å². The van der Waals surface area contributed by atoms with E-state index in [4.69, 9.17) is 13.6 Å². The topological polar surface area (TPSA) is 191 Å². The fourth-order valence-electron chi connectivity index (χ4n) is 4.84. The summed E-state index contributed by atoms with van der Waals surface area (Å²) in [6.45, 7) is 8.18. The first-order valence-electron chi connectivity index (χ1n) is 14.0. The van der Waals surface area contributed by atoms with Crippen LogP contribution in [0.4, 0.5) is 0 Å². The van der Waals surface area contributed by atoms with Crippen molar-refractivity contribution in [3.63, 3.8) is 0 Å². The molecule has 0 atom stereocenters. The molecule has 6 N–H and O–H groups in total. The zero-order valence-corrected chi connectivity index (χ0v) is 24.6. The summed E-state index contributed by atoms with van der Waals surface area (Å²) >= 11 is 0. The van der Waals surface area contributed by atoms with E-state index in [1.807, 2.05) is 0 Å². The monoisotopic (exact) mass is 636 g/mol. The summed E-state index contributed by atoms with van der Waals surface area (Å²) in [6.07, 6.45) is 3.42. The first kappa shape index (κ1) is 31.9. The van der Waals surface area contributed by atoms with Gasteiger partial charge in [0.15, 0.2) is 10.9 Å². The van der Waals surface area contributed by atoms with E-state index in [-0.39, 0.29) is 67.4 Å². The van der Waals surface area contributed by atoms with Gasteiger partial charge in [0, 0.05) is 47.0 Å². The number of ether oxygens (including phenoxy) is 1. The van der Waals surface area contributed by atoms with E-state index in [1.54, 1.807) is 12.2 Å². The second-order valence-electron chi connectivity index (χ2n) is 10.2. The van der Waals surface area contributed by atoms with Gasteiger partial charge in [-0.05, 0) is 42.5 Å². The van der Waals surface area contributed by atoms with Crippen LogP contribution in [-0.4, -0.2) is 43.9 Å². The fourth-order valence-corrected chi connectivity index (χ4v) is 4.84. The van der Waals surface area contributed by atoms with E-state index >= 15 is 0 Å². The maximum atomic E-state index is 13.0. The summed E-state index contributed by atoms with van der Waals surface area (Å²) in [4.78, 5) is 25.7. The van der Waals surface area contributed by atoms with Crippen molar-refractivity contribution in [1.29, 1.82) is 0 Å². The lowest BCUT2D eigenvalue weighted by molar-refractivity contribution is 0.194. The summed E-state index contributed by atoms with van der Waals surface area (Å²) in [5.41, 5.74) is -1.07. The number of hydrogen-bond acceptors (Lipinski definition) is 11. The van der Waals surface area contributed by atoms with Gasteiger partial charge in [-0.25, -0.2) is 0 Å². The lowest BCUT2D eigenvalue weighted by atomic mass is 9.97. The van der Waals surface area contributed by atoms with Crippen molar-refractivity contribution in [3.05, 3.63) is 119 Å². The van der Waals surface area contributed by atoms with Gasteiger partial charge in [0.05, 0.1) is 18.8 Å². The summed E-state index contributed by atoms with van der Waals surface area (Å²) in [6, 6.07) is 15.4. The highest BCUT2D eigenvalue weighted by Gasteiger charge is 2.22. The van der Waals surface area contributed by atoms with Crippen LogP contribution in [0, 0.1) is 0 Å². The smallest absolute Gasteiger partial charge is 0.197 e. The SMILES string of the molecule is C=CCOCC=C.O=c1cc(-c2ccc(O)c(-c3c(O)cc4oc(-c5ccc(O)cc5)cc(=O)c4c3O)c2)oc2cc(O)cc(O)c12. The lowest BCUT2D eigenvalue weighted by Crippen LogP contribution is -2.02. The fraction of sp³-hybridized carbons (Fsp3) is 0.0556. The Balaban J connectivity index is 0.000000559. The zero-order valence-electron chi connectivity index (χ0n) is 24.6. The van der Waals surface area contributed by atoms with E-state index in [0.29, 0.717) is 18.8 Å². The molecule has 11 nitrogen and oxygen atoms in total. The van der Waals surface area contributed by atoms with Gasteiger partial charge in [0.2, 0.25) is 0 Å². The van der Waals surface area contributed by atoms with E-state index in [2.05, 4.69) is 13.2 Å². The van der Waals surface area contributed by atoms with Crippen LogP contribution in [0.15, 0.2) is 117 Å². The Morgan fingerprint density at radius 1 is 0.596 bits per heavy atom. The quantitative estimate of drug-likeness (QED) is 0.0827. The molecule has 0 unspecified atom stereocenters. The van der Waals surface area contributed by atoms with Crippen molar-refractivity contribution in [2.24, 2.45) is 0 Å². The van der Waals surface area contributed by atoms with Crippen LogP contribution in [0.3, 0.4) is 0 Å². The summed E-state index contributed by atoms with van der Waals surface area (Å²) in [5, 5.41) is 61.6. The Bertz CT molecular complexity index is 2250. The van der Waals surface area contributed by atoms with Crippen LogP contribution < -0.4 is 10.9 Å². The molecule has 47 heavy (non-hydrogen) atoms. The van der Waals surface area contributed by atoms with Crippen molar-refractivity contribution >= 4 is 21.9 Å². The lowest BCUT2D eigenvalue weighted by Gasteiger charge is -2.13. The van der Waals surface area contributed by atoms with Crippen LogP contribution >= 0.6 is 0 Å². The molecule has 0 bridgehead atoms. The molecule has 0 aliphatic heterocycles. The first-order chi connectivity index (χ1) is 22.5. The molecule has 0 saturated heterocycles. The molecule has 0 spiro atoms. The maximum Gasteiger partial charge on any atom is 0.197 e. The molecular weight excluding hydrogens is 608 g/mol. The highest BCUT2D eigenvalue weighted by molar-refractivity contribution is 5.97. The molecule has 0 aliphatic rings. The standard InChI is InChI=1S/C30H18O10.C6H10O/c31-15-4-1-13(2-5-15)23-11-22(37)29-26(39-23)12-20(35)27(30(29)38)17-7-14(3-6-18(17)33)24-10-21(36)28-19(34)8-16(32)9-25(28)40-24;1-3-5-7-6-4-2/h1-12,31-35,38H;3-4H,1-2,5-6H2. The Kier molecular flexibility index (Phi) is 9.02. The summed E-state index contributed by atoms with van der Waals surface area (Å²) in [7, 11) is 0. The molecule has 0 aliphatic carbocycles. The van der Waals surface area contributed by atoms with E-state index in [0.717, 1.165) is 30.3 Å².